The van der Waals surface area contributed by atoms with Gasteiger partial charge in [0.05, 0.1) is 0 Å². The summed E-state index contributed by atoms with van der Waals surface area (Å²) in [6.45, 7) is 12.4. The summed E-state index contributed by atoms with van der Waals surface area (Å²) in [6, 6.07) is 72.6. The summed E-state index contributed by atoms with van der Waals surface area (Å²) in [5, 5.41) is 0. The van der Waals surface area contributed by atoms with Crippen molar-refractivity contribution in [1.29, 1.82) is 0 Å². The summed E-state index contributed by atoms with van der Waals surface area (Å²) in [4.78, 5) is 0. The zero-order valence-electron chi connectivity index (χ0n) is 41.2. The molecular formula is C66H54O6. The van der Waals surface area contributed by atoms with Gasteiger partial charge in [-0.15, -0.1) is 0 Å². The van der Waals surface area contributed by atoms with E-state index in [1.165, 1.54) is 0 Å². The van der Waals surface area contributed by atoms with Crippen LogP contribution in [0.4, 0.5) is 0 Å². The Hall–Kier alpha value is -9.00. The van der Waals surface area contributed by atoms with E-state index >= 15 is 0 Å². The van der Waals surface area contributed by atoms with Crippen LogP contribution in [0.25, 0.3) is 33.4 Å². The van der Waals surface area contributed by atoms with E-state index in [9.17, 15) is 0 Å². The van der Waals surface area contributed by atoms with E-state index in [1.807, 2.05) is 182 Å². The van der Waals surface area contributed by atoms with Gasteiger partial charge in [0, 0.05) is 11.6 Å². The van der Waals surface area contributed by atoms with Crippen LogP contribution in [0.1, 0.15) is 33.4 Å². The van der Waals surface area contributed by atoms with E-state index < -0.39 is 0 Å². The highest BCUT2D eigenvalue weighted by molar-refractivity contribution is 5.98. The molecule has 10 aromatic carbocycles. The molecule has 354 valence electrons. The molecule has 0 atom stereocenters. The van der Waals surface area contributed by atoms with Crippen molar-refractivity contribution in [2.24, 2.45) is 0 Å². The number of hydrogen-bond donors (Lipinski definition) is 0. The standard InChI is InChI=1S/C66H54O6/c1-43-7-21-51(22-8-43)67-56-33-19-49(20-34-56)66-62(50-37-59(69-53-25-11-45(3)12-26-53)39-60(38-50)70-54-27-13-46(4)14-28-54)41-61(71-55-29-15-47(5)16-30-55)42-64(66)63-40-58(68-52-23-9-44(2)10-24-52)35-36-65(63)72-57-31-17-48(6)18-32-57/h7-42H,1-6H3. The highest BCUT2D eigenvalue weighted by Gasteiger charge is 2.23. The molecule has 0 aromatic heterocycles. The SMILES string of the molecule is Cc1ccc(Oc2ccc(-c3c(-c4cc(Oc5ccc(C)cc5)cc(Oc5ccc(C)cc5)c4)cc(Oc4ccc(C)cc4)cc3-c3cc(Oc4ccc(C)cc4)ccc3Oc3ccc(C)cc3)cc2)cc1. The minimum Gasteiger partial charge on any atom is -0.457 e. The molecule has 0 radical (unpaired) electrons. The smallest absolute Gasteiger partial charge is 0.135 e. The maximum absolute atomic E-state index is 6.87. The first-order chi connectivity index (χ1) is 35.0. The fraction of sp³-hybridized carbons (Fsp3) is 0.0909. The molecule has 0 saturated carbocycles. The molecule has 0 spiro atoms. The summed E-state index contributed by atoms with van der Waals surface area (Å²) in [7, 11) is 0. The molecule has 0 heterocycles. The molecule has 0 aliphatic carbocycles. The van der Waals surface area contributed by atoms with Crippen molar-refractivity contribution in [2.45, 2.75) is 41.5 Å². The van der Waals surface area contributed by atoms with E-state index in [4.69, 9.17) is 28.4 Å². The summed E-state index contributed by atoms with van der Waals surface area (Å²) < 4.78 is 40.1. The Kier molecular flexibility index (Phi) is 13.6. The number of aryl methyl sites for hydroxylation is 6. The Morgan fingerprint density at radius 1 is 0.194 bits per heavy atom. The van der Waals surface area contributed by atoms with Crippen LogP contribution in [0.3, 0.4) is 0 Å². The van der Waals surface area contributed by atoms with E-state index in [1.54, 1.807) is 0 Å². The quantitative estimate of drug-likeness (QED) is 0.102. The first-order valence-electron chi connectivity index (χ1n) is 24.1. The van der Waals surface area contributed by atoms with Crippen LogP contribution in [-0.2, 0) is 0 Å². The van der Waals surface area contributed by atoms with Gasteiger partial charge in [0.15, 0.2) is 0 Å². The predicted molar refractivity (Wildman–Crippen MR) is 290 cm³/mol. The van der Waals surface area contributed by atoms with Crippen molar-refractivity contribution in [1.82, 2.24) is 0 Å². The zero-order chi connectivity index (χ0) is 49.6. The van der Waals surface area contributed by atoms with Gasteiger partial charge in [-0.05, 0) is 197 Å². The molecule has 0 aliphatic rings. The lowest BCUT2D eigenvalue weighted by molar-refractivity contribution is 0.460. The lowest BCUT2D eigenvalue weighted by atomic mass is 9.86. The average molecular weight is 943 g/mol. The molecule has 0 fully saturated rings. The summed E-state index contributed by atoms with van der Waals surface area (Å²) in [5.74, 6) is 7.98. The van der Waals surface area contributed by atoms with Gasteiger partial charge in [0.2, 0.25) is 0 Å². The van der Waals surface area contributed by atoms with Gasteiger partial charge in [-0.25, -0.2) is 0 Å². The molecule has 10 rings (SSSR count). The normalized spacial score (nSPS) is 10.9. The number of rotatable bonds is 15. The minimum atomic E-state index is 0.592. The molecular weight excluding hydrogens is 889 g/mol. The summed E-state index contributed by atoms with van der Waals surface area (Å²) in [5.41, 5.74) is 11.9. The van der Waals surface area contributed by atoms with E-state index in [2.05, 4.69) is 77.9 Å². The second-order valence-electron chi connectivity index (χ2n) is 18.3. The Bertz CT molecular complexity index is 3390. The van der Waals surface area contributed by atoms with Crippen LogP contribution in [0.5, 0.6) is 69.0 Å². The Morgan fingerprint density at radius 3 is 0.861 bits per heavy atom. The summed E-state index contributed by atoms with van der Waals surface area (Å²) in [6.07, 6.45) is 0. The van der Waals surface area contributed by atoms with Crippen molar-refractivity contribution in [3.63, 3.8) is 0 Å². The molecule has 0 unspecified atom stereocenters. The molecule has 0 amide bonds. The molecule has 6 heteroatoms. The van der Waals surface area contributed by atoms with Gasteiger partial charge >= 0.3 is 0 Å². The van der Waals surface area contributed by atoms with Gasteiger partial charge in [-0.1, -0.05) is 118 Å². The second-order valence-corrected chi connectivity index (χ2v) is 18.3. The van der Waals surface area contributed by atoms with Gasteiger partial charge < -0.3 is 28.4 Å². The molecule has 0 N–H and O–H groups in total. The third kappa shape index (κ3) is 11.5. The van der Waals surface area contributed by atoms with Crippen molar-refractivity contribution in [2.75, 3.05) is 0 Å². The lowest BCUT2D eigenvalue weighted by Crippen LogP contribution is -1.97. The topological polar surface area (TPSA) is 55.4 Å². The third-order valence-electron chi connectivity index (χ3n) is 12.2. The Balaban J connectivity index is 1.23. The molecule has 0 saturated heterocycles. The highest BCUT2D eigenvalue weighted by atomic mass is 16.5. The fourth-order valence-electron chi connectivity index (χ4n) is 8.28. The van der Waals surface area contributed by atoms with E-state index in [-0.39, 0.29) is 0 Å². The number of ether oxygens (including phenoxy) is 6. The molecule has 72 heavy (non-hydrogen) atoms. The largest absolute Gasteiger partial charge is 0.457 e. The number of benzene rings is 10. The third-order valence-corrected chi connectivity index (χ3v) is 12.2. The molecule has 0 bridgehead atoms. The minimum absolute atomic E-state index is 0.592. The van der Waals surface area contributed by atoms with Crippen LogP contribution in [0.2, 0.25) is 0 Å². The van der Waals surface area contributed by atoms with Crippen molar-refractivity contribution in [3.05, 3.63) is 252 Å². The first kappa shape index (κ1) is 46.7. The van der Waals surface area contributed by atoms with E-state index in [0.717, 1.165) is 72.5 Å². The van der Waals surface area contributed by atoms with Crippen LogP contribution in [0, 0.1) is 41.5 Å². The molecule has 0 aliphatic heterocycles. The maximum Gasteiger partial charge on any atom is 0.135 e. The van der Waals surface area contributed by atoms with Crippen molar-refractivity contribution in [3.8, 4) is 102 Å². The second kappa shape index (κ2) is 20.9. The fourth-order valence-corrected chi connectivity index (χ4v) is 8.28. The van der Waals surface area contributed by atoms with Gasteiger partial charge in [0.1, 0.15) is 69.0 Å². The van der Waals surface area contributed by atoms with E-state index in [0.29, 0.717) is 63.2 Å². The Labute approximate surface area is 422 Å². The average Bonchev–Trinajstić information content (AvgIpc) is 3.38. The van der Waals surface area contributed by atoms with Crippen molar-refractivity contribution >= 4 is 0 Å². The molecule has 10 aromatic rings. The van der Waals surface area contributed by atoms with Gasteiger partial charge in [-0.3, -0.25) is 0 Å². The van der Waals surface area contributed by atoms with Crippen LogP contribution in [0.15, 0.2) is 218 Å². The monoisotopic (exact) mass is 942 g/mol. The lowest BCUT2D eigenvalue weighted by Gasteiger charge is -2.22. The Morgan fingerprint density at radius 2 is 0.472 bits per heavy atom. The molecule has 6 nitrogen and oxygen atoms in total. The highest BCUT2D eigenvalue weighted by Crippen LogP contribution is 2.50. The zero-order valence-corrected chi connectivity index (χ0v) is 41.2. The van der Waals surface area contributed by atoms with Gasteiger partial charge in [0.25, 0.3) is 0 Å². The summed E-state index contributed by atoms with van der Waals surface area (Å²) >= 11 is 0. The maximum atomic E-state index is 6.87. The number of hydrogen-bond acceptors (Lipinski definition) is 6. The predicted octanol–water partition coefficient (Wildman–Crippen LogP) is 19.3. The van der Waals surface area contributed by atoms with Crippen molar-refractivity contribution < 1.29 is 28.4 Å². The van der Waals surface area contributed by atoms with Gasteiger partial charge in [-0.2, -0.15) is 0 Å². The van der Waals surface area contributed by atoms with Crippen LogP contribution >= 0.6 is 0 Å². The first-order valence-corrected chi connectivity index (χ1v) is 24.1. The van der Waals surface area contributed by atoms with Crippen LogP contribution in [-0.4, -0.2) is 0 Å². The van der Waals surface area contributed by atoms with Crippen LogP contribution < -0.4 is 28.4 Å².